The Morgan fingerprint density at radius 2 is 2.10 bits per heavy atom. The van der Waals surface area contributed by atoms with E-state index < -0.39 is 41.4 Å². The number of nitrogens with one attached hydrogen (secondary N) is 1. The number of ether oxygens (including phenoxy) is 3. The zero-order valence-corrected chi connectivity index (χ0v) is 18.0. The van der Waals surface area contributed by atoms with Crippen LogP contribution in [0.1, 0.15) is 43.9 Å². The standard InChI is InChI=1S/C19H21F3N2O5S2/c1-2-7-27-13-8-15(24-9-12(19(20,21)22)16(25)23-17(24)26)29-14(13)10-28-18(30)31-11-5-3-4-6-11/h1,9,11,13-15H,3-8,10H2,(H,23,25,26)/t13-,14+,15+/m0/s1. The molecule has 3 atom stereocenters. The van der Waals surface area contributed by atoms with Crippen molar-refractivity contribution in [2.24, 2.45) is 0 Å². The van der Waals surface area contributed by atoms with Gasteiger partial charge in [-0.25, -0.2) is 4.79 Å². The van der Waals surface area contributed by atoms with Gasteiger partial charge < -0.3 is 14.2 Å². The number of rotatable bonds is 6. The van der Waals surface area contributed by atoms with E-state index in [4.69, 9.17) is 32.9 Å². The van der Waals surface area contributed by atoms with E-state index in [1.165, 1.54) is 11.8 Å². The summed E-state index contributed by atoms with van der Waals surface area (Å²) in [4.78, 5) is 25.3. The molecule has 3 rings (SSSR count). The number of aromatic nitrogens is 2. The van der Waals surface area contributed by atoms with Gasteiger partial charge in [-0.15, -0.1) is 6.42 Å². The summed E-state index contributed by atoms with van der Waals surface area (Å²) >= 11 is 6.74. The number of thioether (sulfide) groups is 1. The Hall–Kier alpha value is -1.81. The van der Waals surface area contributed by atoms with Crippen molar-refractivity contribution in [1.82, 2.24) is 9.55 Å². The van der Waals surface area contributed by atoms with Crippen molar-refractivity contribution in [3.05, 3.63) is 32.6 Å². The fourth-order valence-electron chi connectivity index (χ4n) is 3.58. The normalized spacial score (nSPS) is 24.3. The molecule has 0 aromatic carbocycles. The predicted molar refractivity (Wildman–Crippen MR) is 112 cm³/mol. The average molecular weight is 479 g/mol. The lowest BCUT2D eigenvalue weighted by Crippen LogP contribution is -2.36. The second kappa shape index (κ2) is 10.2. The first-order chi connectivity index (χ1) is 14.7. The van der Waals surface area contributed by atoms with E-state index >= 15 is 0 Å². The number of aromatic amines is 1. The third-order valence-electron chi connectivity index (χ3n) is 5.08. The molecule has 0 bridgehead atoms. The molecular formula is C19H21F3N2O5S2. The minimum Gasteiger partial charge on any atom is -0.476 e. The number of H-pyrrole nitrogens is 1. The van der Waals surface area contributed by atoms with E-state index in [0.29, 0.717) is 20.4 Å². The smallest absolute Gasteiger partial charge is 0.423 e. The molecule has 12 heteroatoms. The molecule has 1 aliphatic carbocycles. The van der Waals surface area contributed by atoms with Crippen LogP contribution < -0.4 is 11.2 Å². The molecule has 7 nitrogen and oxygen atoms in total. The molecule has 1 aromatic rings. The molecule has 170 valence electrons. The fourth-order valence-corrected chi connectivity index (χ4v) is 5.03. The number of nitrogens with zero attached hydrogens (tertiary/aromatic N) is 1. The maximum absolute atomic E-state index is 13.1. The van der Waals surface area contributed by atoms with Gasteiger partial charge in [0.15, 0.2) is 0 Å². The predicted octanol–water partition coefficient (Wildman–Crippen LogP) is 2.84. The summed E-state index contributed by atoms with van der Waals surface area (Å²) < 4.78 is 57.2. The van der Waals surface area contributed by atoms with Crippen LogP contribution in [0.15, 0.2) is 15.8 Å². The molecule has 31 heavy (non-hydrogen) atoms. The van der Waals surface area contributed by atoms with Gasteiger partial charge in [0, 0.05) is 17.9 Å². The molecule has 2 fully saturated rings. The molecule has 1 saturated carbocycles. The van der Waals surface area contributed by atoms with Gasteiger partial charge in [-0.1, -0.05) is 30.5 Å². The molecule has 0 unspecified atom stereocenters. The van der Waals surface area contributed by atoms with Crippen LogP contribution in [0.2, 0.25) is 0 Å². The van der Waals surface area contributed by atoms with E-state index in [2.05, 4.69) is 5.92 Å². The van der Waals surface area contributed by atoms with Crippen LogP contribution >= 0.6 is 24.0 Å². The molecule has 0 spiro atoms. The zero-order chi connectivity index (χ0) is 22.6. The summed E-state index contributed by atoms with van der Waals surface area (Å²) in [5, 5.41) is 0.416. The number of terminal acetylenes is 1. The monoisotopic (exact) mass is 478 g/mol. The first kappa shape index (κ1) is 23.8. The van der Waals surface area contributed by atoms with Crippen LogP contribution in [0.3, 0.4) is 0 Å². The fraction of sp³-hybridized carbons (Fsp3) is 0.632. The van der Waals surface area contributed by atoms with Gasteiger partial charge >= 0.3 is 11.9 Å². The number of alkyl halides is 3. The highest BCUT2D eigenvalue weighted by Crippen LogP contribution is 2.33. The number of hydrogen-bond donors (Lipinski definition) is 1. The highest BCUT2D eigenvalue weighted by Gasteiger charge is 2.40. The summed E-state index contributed by atoms with van der Waals surface area (Å²) in [6.07, 6.45) is 2.81. The van der Waals surface area contributed by atoms with Crippen LogP contribution in [0.25, 0.3) is 0 Å². The second-order valence-corrected chi connectivity index (χ2v) is 9.11. The SMILES string of the molecule is C#CCO[C@H]1C[C@H](n2cc(C(F)(F)F)c(=O)[nH]c2=O)O[C@@H]1COC(=S)SC1CCCC1. The number of thiocarbonyl (C=S) groups is 1. The van der Waals surface area contributed by atoms with E-state index in [9.17, 15) is 22.8 Å². The third kappa shape index (κ3) is 6.12. The van der Waals surface area contributed by atoms with Crippen molar-refractivity contribution in [3.63, 3.8) is 0 Å². The van der Waals surface area contributed by atoms with E-state index in [0.717, 1.165) is 25.7 Å². The Morgan fingerprint density at radius 3 is 2.74 bits per heavy atom. The summed E-state index contributed by atoms with van der Waals surface area (Å²) in [5.41, 5.74) is -4.03. The quantitative estimate of drug-likeness (QED) is 0.497. The van der Waals surface area contributed by atoms with Crippen molar-refractivity contribution in [3.8, 4) is 12.3 Å². The van der Waals surface area contributed by atoms with E-state index in [-0.39, 0.29) is 19.6 Å². The van der Waals surface area contributed by atoms with Crippen molar-refractivity contribution in [2.75, 3.05) is 13.2 Å². The lowest BCUT2D eigenvalue weighted by molar-refractivity contribution is -0.139. The minimum absolute atomic E-state index is 0.00543. The Kier molecular flexibility index (Phi) is 7.85. The minimum atomic E-state index is -4.92. The molecule has 1 N–H and O–H groups in total. The van der Waals surface area contributed by atoms with Gasteiger partial charge in [-0.3, -0.25) is 14.3 Å². The van der Waals surface area contributed by atoms with Crippen molar-refractivity contribution >= 4 is 28.4 Å². The van der Waals surface area contributed by atoms with Gasteiger partial charge in [-0.05, 0) is 25.1 Å². The van der Waals surface area contributed by atoms with Crippen molar-refractivity contribution < 1.29 is 27.4 Å². The molecule has 0 amide bonds. The van der Waals surface area contributed by atoms with Gasteiger partial charge in [-0.2, -0.15) is 13.2 Å². The first-order valence-corrected chi connectivity index (χ1v) is 10.9. The molecular weight excluding hydrogens is 457 g/mol. The van der Waals surface area contributed by atoms with Gasteiger partial charge in [0.05, 0.1) is 6.10 Å². The lowest BCUT2D eigenvalue weighted by atomic mass is 10.2. The molecule has 1 saturated heterocycles. The lowest BCUT2D eigenvalue weighted by Gasteiger charge is -2.19. The van der Waals surface area contributed by atoms with Crippen molar-refractivity contribution in [1.29, 1.82) is 0 Å². The van der Waals surface area contributed by atoms with Crippen LogP contribution in [-0.2, 0) is 20.4 Å². The summed E-state index contributed by atoms with van der Waals surface area (Å²) in [7, 11) is 0. The molecule has 1 aliphatic heterocycles. The maximum Gasteiger partial charge on any atom is 0.423 e. The maximum atomic E-state index is 13.1. The Morgan fingerprint density at radius 1 is 1.39 bits per heavy atom. The number of hydrogen-bond acceptors (Lipinski definition) is 7. The van der Waals surface area contributed by atoms with Gasteiger partial charge in [0.1, 0.15) is 31.1 Å². The van der Waals surface area contributed by atoms with Gasteiger partial charge in [0.25, 0.3) is 5.56 Å². The molecule has 1 aromatic heterocycles. The van der Waals surface area contributed by atoms with E-state index in [1.807, 2.05) is 0 Å². The highest BCUT2D eigenvalue weighted by molar-refractivity contribution is 8.23. The Balaban J connectivity index is 1.72. The average Bonchev–Trinajstić information content (AvgIpc) is 3.33. The molecule has 2 aliphatic rings. The largest absolute Gasteiger partial charge is 0.476 e. The number of halogens is 3. The van der Waals surface area contributed by atoms with E-state index in [1.54, 1.807) is 4.98 Å². The van der Waals surface area contributed by atoms with Gasteiger partial charge in [0.2, 0.25) is 4.38 Å². The van der Waals surface area contributed by atoms with Crippen molar-refractivity contribution in [2.45, 2.75) is 62.0 Å². The second-order valence-electron chi connectivity index (χ2n) is 7.21. The first-order valence-electron chi connectivity index (χ1n) is 9.65. The highest BCUT2D eigenvalue weighted by atomic mass is 32.2. The van der Waals surface area contributed by atoms with Crippen LogP contribution in [0, 0.1) is 12.3 Å². The summed E-state index contributed by atoms with van der Waals surface area (Å²) in [6.45, 7) is -0.0542. The van der Waals surface area contributed by atoms with Crippen LogP contribution in [0.4, 0.5) is 13.2 Å². The van der Waals surface area contributed by atoms with Crippen LogP contribution in [-0.4, -0.2) is 44.6 Å². The topological polar surface area (TPSA) is 82.6 Å². The van der Waals surface area contributed by atoms with Crippen LogP contribution in [0.5, 0.6) is 0 Å². The Labute approximate surface area is 185 Å². The molecule has 2 heterocycles. The Bertz CT molecular complexity index is 950. The summed E-state index contributed by atoms with van der Waals surface area (Å²) in [6, 6.07) is 0. The zero-order valence-electron chi connectivity index (χ0n) is 16.4. The third-order valence-corrected chi connectivity index (χ3v) is 6.60. The molecule has 0 radical (unpaired) electrons. The summed E-state index contributed by atoms with van der Waals surface area (Å²) in [5.74, 6) is 2.32.